The van der Waals surface area contributed by atoms with E-state index in [9.17, 15) is 9.59 Å². The Balaban J connectivity index is 3.01. The van der Waals surface area contributed by atoms with E-state index in [0.717, 1.165) is 24.8 Å². The lowest BCUT2D eigenvalue weighted by atomic mass is 9.79. The van der Waals surface area contributed by atoms with E-state index in [-0.39, 0.29) is 17.9 Å². The van der Waals surface area contributed by atoms with Crippen molar-refractivity contribution >= 4 is 17.8 Å². The van der Waals surface area contributed by atoms with Gasteiger partial charge in [0.05, 0.1) is 18.7 Å². The second-order valence-electron chi connectivity index (χ2n) is 8.38. The number of amidine groups is 1. The zero-order chi connectivity index (χ0) is 21.6. The molecule has 3 unspecified atom stereocenters. The molecule has 0 radical (unpaired) electrons. The number of methoxy groups -OCH3 is 1. The number of alkyl carbamates (subject to hydrolysis) is 1. The van der Waals surface area contributed by atoms with E-state index in [1.165, 1.54) is 7.11 Å². The largest absolute Gasteiger partial charge is 0.453 e. The van der Waals surface area contributed by atoms with Gasteiger partial charge in [-0.2, -0.15) is 0 Å². The third-order valence-electron chi connectivity index (χ3n) is 6.14. The molecule has 1 saturated heterocycles. The van der Waals surface area contributed by atoms with Crippen molar-refractivity contribution in [1.82, 2.24) is 15.5 Å². The van der Waals surface area contributed by atoms with Crippen molar-refractivity contribution in [3.05, 3.63) is 12.2 Å². The van der Waals surface area contributed by atoms with Crippen molar-refractivity contribution in [3.63, 3.8) is 0 Å². The summed E-state index contributed by atoms with van der Waals surface area (Å²) in [5, 5.41) is 14.7. The first-order valence-electron chi connectivity index (χ1n) is 10.2. The molecule has 160 valence electrons. The van der Waals surface area contributed by atoms with Crippen molar-refractivity contribution in [3.8, 4) is 0 Å². The monoisotopic (exact) mass is 394 g/mol. The number of hydrogen-bond donors (Lipinski definition) is 3. The van der Waals surface area contributed by atoms with Crippen LogP contribution in [0, 0.1) is 17.2 Å². The Kier molecular flexibility index (Phi) is 8.51. The summed E-state index contributed by atoms with van der Waals surface area (Å²) in [6, 6.07) is -1.00. The Morgan fingerprint density at radius 2 is 1.96 bits per heavy atom. The molecule has 1 heterocycles. The maximum Gasteiger partial charge on any atom is 0.407 e. The zero-order valence-corrected chi connectivity index (χ0v) is 18.5. The van der Waals surface area contributed by atoms with E-state index in [2.05, 4.69) is 42.7 Å². The number of rotatable bonds is 8. The van der Waals surface area contributed by atoms with E-state index in [1.54, 1.807) is 4.90 Å². The SMILES string of the molecule is C=C(C)C(C)(NC(=N)C1CCCN1C(=O)C(NC(=O)OC)C(C)C)[C@@H](C)CC. The van der Waals surface area contributed by atoms with Gasteiger partial charge in [0.2, 0.25) is 5.91 Å². The van der Waals surface area contributed by atoms with Gasteiger partial charge in [-0.1, -0.05) is 46.3 Å². The second-order valence-corrected chi connectivity index (χ2v) is 8.38. The standard InChI is InChI=1S/C21H38N4O3/c1-9-15(6)21(7,14(4)5)24-18(22)16-11-10-12-25(16)19(26)17(13(2)3)23-20(27)28-8/h13,15-17H,4,9-12H2,1-3,5-8H3,(H2,22,24)(H,23,27)/t15-,16?,17?,21?/m0/s1. The van der Waals surface area contributed by atoms with Crippen molar-refractivity contribution in [2.75, 3.05) is 13.7 Å². The van der Waals surface area contributed by atoms with Crippen molar-refractivity contribution < 1.29 is 14.3 Å². The highest BCUT2D eigenvalue weighted by Crippen LogP contribution is 2.29. The predicted octanol–water partition coefficient (Wildman–Crippen LogP) is 3.31. The van der Waals surface area contributed by atoms with Gasteiger partial charge >= 0.3 is 6.09 Å². The van der Waals surface area contributed by atoms with Crippen LogP contribution in [0.4, 0.5) is 4.79 Å². The van der Waals surface area contributed by atoms with Crippen molar-refractivity contribution in [2.24, 2.45) is 11.8 Å². The highest BCUT2D eigenvalue weighted by atomic mass is 16.5. The Morgan fingerprint density at radius 3 is 2.43 bits per heavy atom. The van der Waals surface area contributed by atoms with E-state index in [4.69, 9.17) is 5.41 Å². The van der Waals surface area contributed by atoms with Gasteiger partial charge in [0, 0.05) is 6.54 Å². The molecule has 0 spiro atoms. The highest BCUT2D eigenvalue weighted by Gasteiger charge is 2.40. The van der Waals surface area contributed by atoms with Crippen LogP contribution in [0.1, 0.15) is 60.8 Å². The molecule has 0 aromatic rings. The summed E-state index contributed by atoms with van der Waals surface area (Å²) in [7, 11) is 1.28. The lowest BCUT2D eigenvalue weighted by Crippen LogP contribution is -2.59. The van der Waals surface area contributed by atoms with E-state index in [1.807, 2.05) is 20.8 Å². The van der Waals surface area contributed by atoms with Gasteiger partial charge in [0.25, 0.3) is 0 Å². The minimum atomic E-state index is -0.678. The first kappa shape index (κ1) is 24.0. The summed E-state index contributed by atoms with van der Waals surface area (Å²) >= 11 is 0. The molecule has 0 aliphatic carbocycles. The third kappa shape index (κ3) is 5.26. The minimum Gasteiger partial charge on any atom is -0.453 e. The van der Waals surface area contributed by atoms with Crippen LogP contribution in [0.25, 0.3) is 0 Å². The van der Waals surface area contributed by atoms with Crippen molar-refractivity contribution in [2.45, 2.75) is 78.4 Å². The lowest BCUT2D eigenvalue weighted by molar-refractivity contribution is -0.134. The van der Waals surface area contributed by atoms with Gasteiger partial charge in [0.15, 0.2) is 0 Å². The van der Waals surface area contributed by atoms with E-state index in [0.29, 0.717) is 18.3 Å². The van der Waals surface area contributed by atoms with Gasteiger partial charge in [-0.25, -0.2) is 4.79 Å². The van der Waals surface area contributed by atoms with Crippen LogP contribution in [-0.4, -0.2) is 54.0 Å². The molecular weight excluding hydrogens is 356 g/mol. The van der Waals surface area contributed by atoms with Gasteiger partial charge in [-0.05, 0) is 38.5 Å². The van der Waals surface area contributed by atoms with Gasteiger partial charge in [-0.15, -0.1) is 0 Å². The molecule has 1 aliphatic heterocycles. The van der Waals surface area contributed by atoms with Crippen LogP contribution in [0.15, 0.2) is 12.2 Å². The predicted molar refractivity (Wildman–Crippen MR) is 112 cm³/mol. The Hall–Kier alpha value is -2.05. The molecule has 1 aliphatic rings. The first-order chi connectivity index (χ1) is 13.0. The van der Waals surface area contributed by atoms with Crippen LogP contribution >= 0.6 is 0 Å². The summed E-state index contributed by atoms with van der Waals surface area (Å²) in [6.45, 7) is 16.8. The summed E-state index contributed by atoms with van der Waals surface area (Å²) in [4.78, 5) is 26.5. The lowest BCUT2D eigenvalue weighted by Gasteiger charge is -2.40. The van der Waals surface area contributed by atoms with Crippen LogP contribution in [0.2, 0.25) is 0 Å². The molecule has 1 rings (SSSR count). The fourth-order valence-electron chi connectivity index (χ4n) is 3.63. The summed E-state index contributed by atoms with van der Waals surface area (Å²) < 4.78 is 4.66. The zero-order valence-electron chi connectivity index (χ0n) is 18.5. The smallest absolute Gasteiger partial charge is 0.407 e. The summed E-state index contributed by atoms with van der Waals surface area (Å²) in [5.74, 6) is 0.364. The molecule has 0 bridgehead atoms. The van der Waals surface area contributed by atoms with Gasteiger partial charge < -0.3 is 20.3 Å². The second kappa shape index (κ2) is 9.94. The fourth-order valence-corrected chi connectivity index (χ4v) is 3.63. The molecule has 0 saturated carbocycles. The van der Waals surface area contributed by atoms with Crippen LogP contribution in [0.3, 0.4) is 0 Å². The number of nitrogens with one attached hydrogen (secondary N) is 3. The average molecular weight is 395 g/mol. The van der Waals surface area contributed by atoms with Crippen LogP contribution < -0.4 is 10.6 Å². The molecule has 28 heavy (non-hydrogen) atoms. The van der Waals surface area contributed by atoms with Gasteiger partial charge in [-0.3, -0.25) is 10.2 Å². The summed E-state index contributed by atoms with van der Waals surface area (Å²) in [6.07, 6.45) is 1.89. The molecule has 0 aromatic heterocycles. The maximum atomic E-state index is 13.2. The van der Waals surface area contributed by atoms with E-state index < -0.39 is 17.7 Å². The number of carbonyl (C=O) groups is 2. The molecule has 2 amide bonds. The first-order valence-corrected chi connectivity index (χ1v) is 10.2. The third-order valence-corrected chi connectivity index (χ3v) is 6.14. The fraction of sp³-hybridized carbons (Fsp3) is 0.762. The van der Waals surface area contributed by atoms with Crippen LogP contribution in [-0.2, 0) is 9.53 Å². The average Bonchev–Trinajstić information content (AvgIpc) is 3.13. The van der Waals surface area contributed by atoms with Crippen LogP contribution in [0.5, 0.6) is 0 Å². The molecule has 7 heteroatoms. The number of likely N-dealkylation sites (tertiary alicyclic amines) is 1. The Labute approximate surface area is 169 Å². The van der Waals surface area contributed by atoms with Gasteiger partial charge in [0.1, 0.15) is 11.9 Å². The topological polar surface area (TPSA) is 94.5 Å². The Bertz CT molecular complexity index is 604. The molecule has 3 N–H and O–H groups in total. The number of hydrogen-bond acceptors (Lipinski definition) is 4. The molecule has 1 fully saturated rings. The number of nitrogens with zero attached hydrogens (tertiary/aromatic N) is 1. The highest BCUT2D eigenvalue weighted by molar-refractivity contribution is 5.93. The van der Waals surface area contributed by atoms with Crippen molar-refractivity contribution in [1.29, 1.82) is 5.41 Å². The Morgan fingerprint density at radius 1 is 1.36 bits per heavy atom. The quantitative estimate of drug-likeness (QED) is 0.334. The maximum absolute atomic E-state index is 13.2. The number of ether oxygens (including phenoxy) is 1. The number of amides is 2. The number of carbonyl (C=O) groups excluding carboxylic acids is 2. The normalized spacial score (nSPS) is 20.9. The minimum absolute atomic E-state index is 0.0872. The summed E-state index contributed by atoms with van der Waals surface area (Å²) in [5.41, 5.74) is 0.556. The van der Waals surface area contributed by atoms with E-state index >= 15 is 0 Å². The molecule has 0 aromatic carbocycles. The molecular formula is C21H38N4O3. The molecule has 4 atom stereocenters. The molecule has 7 nitrogen and oxygen atoms in total.